The zero-order valence-electron chi connectivity index (χ0n) is 6.75. The van der Waals surface area contributed by atoms with Gasteiger partial charge in [-0.05, 0) is 19.8 Å². The lowest BCUT2D eigenvalue weighted by Crippen LogP contribution is -1.87. The van der Waals surface area contributed by atoms with Gasteiger partial charge in [0.25, 0.3) is 0 Å². The molecule has 1 N–H and O–H groups in total. The summed E-state index contributed by atoms with van der Waals surface area (Å²) in [5, 5.41) is 6.83. The Labute approximate surface area is 82.3 Å². The van der Waals surface area contributed by atoms with Crippen molar-refractivity contribution in [1.29, 1.82) is 0 Å². The van der Waals surface area contributed by atoms with Gasteiger partial charge in [-0.15, -0.1) is 24.0 Å². The van der Waals surface area contributed by atoms with E-state index >= 15 is 0 Å². The maximum Gasteiger partial charge on any atom is 0.168 e. The fourth-order valence-electron chi connectivity index (χ4n) is 1.01. The van der Waals surface area contributed by atoms with Crippen LogP contribution in [0.2, 0.25) is 0 Å². The topological polar surface area (TPSA) is 41.6 Å². The molecule has 5 heteroatoms. The molecule has 1 aliphatic carbocycles. The van der Waals surface area contributed by atoms with Crippen LogP contribution < -0.4 is 0 Å². The highest BCUT2D eigenvalue weighted by Gasteiger charge is 2.27. The maximum atomic E-state index is 5.80. The second kappa shape index (κ2) is 3.62. The lowest BCUT2D eigenvalue weighted by molar-refractivity contribution is 0.916. The smallest absolute Gasteiger partial charge is 0.168 e. The third-order valence-corrected chi connectivity index (χ3v) is 2.04. The van der Waals surface area contributed by atoms with Gasteiger partial charge in [0.2, 0.25) is 0 Å². The van der Waals surface area contributed by atoms with E-state index in [0.29, 0.717) is 11.7 Å². The quantitative estimate of drug-likeness (QED) is 0.758. The Morgan fingerprint density at radius 2 is 2.25 bits per heavy atom. The predicted octanol–water partition coefficient (Wildman–Crippen LogP) is 2.40. The first-order valence-electron chi connectivity index (χ1n) is 3.83. The van der Waals surface area contributed by atoms with E-state index in [0.717, 1.165) is 5.82 Å². The third kappa shape index (κ3) is 1.90. The van der Waals surface area contributed by atoms with E-state index < -0.39 is 0 Å². The lowest BCUT2D eigenvalue weighted by Gasteiger charge is -1.90. The van der Waals surface area contributed by atoms with E-state index in [2.05, 4.69) is 15.2 Å². The molecule has 0 spiro atoms. The van der Waals surface area contributed by atoms with Gasteiger partial charge in [-0.3, -0.25) is 5.10 Å². The molecule has 3 nitrogen and oxygen atoms in total. The molecular formula is C7H11Cl2N3. The number of alkyl halides is 1. The van der Waals surface area contributed by atoms with Gasteiger partial charge in [0.1, 0.15) is 5.82 Å². The van der Waals surface area contributed by atoms with Crippen LogP contribution in [0, 0.1) is 0 Å². The van der Waals surface area contributed by atoms with Crippen molar-refractivity contribution < 1.29 is 0 Å². The first kappa shape index (κ1) is 9.81. The molecular weight excluding hydrogens is 197 g/mol. The summed E-state index contributed by atoms with van der Waals surface area (Å²) in [4.78, 5) is 4.27. The zero-order valence-corrected chi connectivity index (χ0v) is 8.32. The maximum absolute atomic E-state index is 5.80. The molecule has 1 aliphatic rings. The first-order chi connectivity index (χ1) is 5.27. The Morgan fingerprint density at radius 1 is 1.58 bits per heavy atom. The van der Waals surface area contributed by atoms with Crippen LogP contribution in [0.4, 0.5) is 0 Å². The van der Waals surface area contributed by atoms with Crippen LogP contribution in [-0.2, 0) is 0 Å². The molecule has 68 valence electrons. The fraction of sp³-hybridized carbons (Fsp3) is 0.714. The van der Waals surface area contributed by atoms with E-state index in [9.17, 15) is 0 Å². The molecule has 1 fully saturated rings. The van der Waals surface area contributed by atoms with Gasteiger partial charge < -0.3 is 0 Å². The second-order valence-electron chi connectivity index (χ2n) is 2.97. The molecule has 0 amide bonds. The Balaban J connectivity index is 0.000000720. The minimum atomic E-state index is -0.0845. The minimum Gasteiger partial charge on any atom is -0.263 e. The summed E-state index contributed by atoms with van der Waals surface area (Å²) < 4.78 is 0. The van der Waals surface area contributed by atoms with E-state index in [4.69, 9.17) is 11.6 Å². The molecule has 0 radical (unpaired) electrons. The van der Waals surface area contributed by atoms with Crippen LogP contribution in [0.5, 0.6) is 0 Å². The van der Waals surface area contributed by atoms with E-state index in [-0.39, 0.29) is 17.8 Å². The summed E-state index contributed by atoms with van der Waals surface area (Å²) in [5.41, 5.74) is 0. The summed E-state index contributed by atoms with van der Waals surface area (Å²) >= 11 is 5.80. The Bertz CT molecular complexity index is 238. The minimum absolute atomic E-state index is 0. The number of nitrogens with one attached hydrogen (secondary N) is 1. The number of rotatable bonds is 2. The van der Waals surface area contributed by atoms with Crippen molar-refractivity contribution >= 4 is 24.0 Å². The van der Waals surface area contributed by atoms with E-state index in [1.807, 2.05) is 6.92 Å². The van der Waals surface area contributed by atoms with Crippen LogP contribution in [0.15, 0.2) is 0 Å². The van der Waals surface area contributed by atoms with Gasteiger partial charge in [0, 0.05) is 5.92 Å². The van der Waals surface area contributed by atoms with Crippen molar-refractivity contribution in [2.45, 2.75) is 31.1 Å². The number of hydrogen-bond acceptors (Lipinski definition) is 2. The molecule has 1 atom stereocenters. The molecule has 0 bridgehead atoms. The number of nitrogens with zero attached hydrogens (tertiary/aromatic N) is 2. The van der Waals surface area contributed by atoms with Crippen molar-refractivity contribution in [3.05, 3.63) is 11.6 Å². The van der Waals surface area contributed by atoms with Gasteiger partial charge in [-0.1, -0.05) is 0 Å². The summed E-state index contributed by atoms with van der Waals surface area (Å²) in [5.74, 6) is 2.35. The van der Waals surface area contributed by atoms with Crippen LogP contribution in [0.3, 0.4) is 0 Å². The van der Waals surface area contributed by atoms with Crippen molar-refractivity contribution in [3.8, 4) is 0 Å². The fourth-order valence-corrected chi connectivity index (χ4v) is 1.10. The normalized spacial score (nSPS) is 18.5. The standard InChI is InChI=1S/C7H10ClN3.ClH/c1-4(8)6-9-7(11-10-6)5-2-3-5;/h4-5H,2-3H2,1H3,(H,9,10,11);1H. The van der Waals surface area contributed by atoms with Gasteiger partial charge in [0.05, 0.1) is 5.38 Å². The van der Waals surface area contributed by atoms with E-state index in [1.54, 1.807) is 0 Å². The van der Waals surface area contributed by atoms with Crippen molar-refractivity contribution in [2.75, 3.05) is 0 Å². The van der Waals surface area contributed by atoms with Crippen molar-refractivity contribution in [3.63, 3.8) is 0 Å². The van der Waals surface area contributed by atoms with Gasteiger partial charge in [0.15, 0.2) is 5.82 Å². The average Bonchev–Trinajstić information content (AvgIpc) is 2.68. The van der Waals surface area contributed by atoms with Crippen molar-refractivity contribution in [2.24, 2.45) is 0 Å². The molecule has 1 heterocycles. The molecule has 0 saturated heterocycles. The lowest BCUT2D eigenvalue weighted by atomic mass is 10.4. The largest absolute Gasteiger partial charge is 0.263 e. The highest BCUT2D eigenvalue weighted by molar-refractivity contribution is 6.20. The summed E-state index contributed by atoms with van der Waals surface area (Å²) in [7, 11) is 0. The third-order valence-electron chi connectivity index (χ3n) is 1.84. The summed E-state index contributed by atoms with van der Waals surface area (Å²) in [6.45, 7) is 1.88. The van der Waals surface area contributed by atoms with Gasteiger partial charge >= 0.3 is 0 Å². The molecule has 12 heavy (non-hydrogen) atoms. The number of hydrogen-bond donors (Lipinski definition) is 1. The number of halogens is 2. The van der Waals surface area contributed by atoms with Gasteiger partial charge in [-0.25, -0.2) is 4.98 Å². The Morgan fingerprint density at radius 3 is 2.67 bits per heavy atom. The van der Waals surface area contributed by atoms with Gasteiger partial charge in [-0.2, -0.15) is 5.10 Å². The van der Waals surface area contributed by atoms with Crippen LogP contribution in [0.25, 0.3) is 0 Å². The summed E-state index contributed by atoms with van der Waals surface area (Å²) in [6, 6.07) is 0. The van der Waals surface area contributed by atoms with Crippen LogP contribution in [0.1, 0.15) is 42.7 Å². The summed E-state index contributed by atoms with van der Waals surface area (Å²) in [6.07, 6.45) is 2.48. The van der Waals surface area contributed by atoms with Crippen LogP contribution in [-0.4, -0.2) is 15.2 Å². The Hall–Kier alpha value is -0.280. The monoisotopic (exact) mass is 207 g/mol. The molecule has 1 saturated carbocycles. The number of H-pyrrole nitrogens is 1. The molecule has 0 aliphatic heterocycles. The van der Waals surface area contributed by atoms with Crippen LogP contribution >= 0.6 is 24.0 Å². The molecule has 1 unspecified atom stereocenters. The highest BCUT2D eigenvalue weighted by atomic mass is 35.5. The number of aromatic nitrogens is 3. The zero-order chi connectivity index (χ0) is 7.84. The molecule has 2 rings (SSSR count). The average molecular weight is 208 g/mol. The van der Waals surface area contributed by atoms with Crippen molar-refractivity contribution in [1.82, 2.24) is 15.2 Å². The molecule has 1 aromatic rings. The predicted molar refractivity (Wildman–Crippen MR) is 49.9 cm³/mol. The molecule has 1 aromatic heterocycles. The first-order valence-corrected chi connectivity index (χ1v) is 4.27. The highest BCUT2D eigenvalue weighted by Crippen LogP contribution is 2.38. The Kier molecular flexibility index (Phi) is 2.96. The number of aromatic amines is 1. The second-order valence-corrected chi connectivity index (χ2v) is 3.62. The SMILES string of the molecule is CC(Cl)c1n[nH]c(C2CC2)n1.Cl. The molecule has 0 aromatic carbocycles. The van der Waals surface area contributed by atoms with E-state index in [1.165, 1.54) is 12.8 Å².